The summed E-state index contributed by atoms with van der Waals surface area (Å²) in [6, 6.07) is 10.7. The standard InChI is InChI=1S/C10H7NO2.4C3H7O.Ti/c12-10(13)9-6-5-7-3-1-2-4-8(7)11-9;4*1-3(2)4;/h1-6H,(H,12,13);4*3H,1-2H3;/q;4*-1;+4. The maximum Gasteiger partial charge on any atom is 4.00 e. The molecule has 0 radical (unpaired) electrons. The number of hydrogen-bond donors (Lipinski definition) is 1. The number of nitrogens with zero attached hydrogens (tertiary/aromatic N) is 1. The Morgan fingerprint density at radius 2 is 1.07 bits per heavy atom. The number of pyridine rings is 1. The van der Waals surface area contributed by atoms with Crippen LogP contribution in [0.1, 0.15) is 65.9 Å². The molecule has 0 saturated carbocycles. The average molecular weight is 457 g/mol. The third kappa shape index (κ3) is 34.2. The fourth-order valence-electron chi connectivity index (χ4n) is 1.19. The van der Waals surface area contributed by atoms with Crippen molar-refractivity contribution >= 4 is 16.9 Å². The quantitative estimate of drug-likeness (QED) is 0.628. The van der Waals surface area contributed by atoms with Crippen LogP contribution in [0.4, 0.5) is 0 Å². The van der Waals surface area contributed by atoms with Crippen LogP contribution in [0.15, 0.2) is 36.4 Å². The number of benzene rings is 1. The van der Waals surface area contributed by atoms with Gasteiger partial charge in [-0.05, 0) is 12.1 Å². The molecule has 0 spiro atoms. The van der Waals surface area contributed by atoms with E-state index in [0.29, 0.717) is 5.52 Å². The zero-order valence-corrected chi connectivity index (χ0v) is 20.8. The molecule has 0 amide bonds. The van der Waals surface area contributed by atoms with Crippen molar-refractivity contribution in [2.45, 2.75) is 79.8 Å². The van der Waals surface area contributed by atoms with E-state index in [4.69, 9.17) is 5.11 Å². The number of carboxylic acid groups (broad SMARTS) is 1. The zero-order valence-electron chi connectivity index (χ0n) is 19.2. The van der Waals surface area contributed by atoms with E-state index < -0.39 is 30.4 Å². The van der Waals surface area contributed by atoms with Gasteiger partial charge in [0.2, 0.25) is 0 Å². The number of carboxylic acids is 1. The van der Waals surface area contributed by atoms with Crippen LogP contribution in [-0.2, 0) is 21.7 Å². The van der Waals surface area contributed by atoms with E-state index in [-0.39, 0.29) is 27.4 Å². The molecule has 1 aromatic heterocycles. The first-order valence-electron chi connectivity index (χ1n) is 9.42. The Hall–Kier alpha value is -1.35. The van der Waals surface area contributed by atoms with Crippen molar-refractivity contribution in [1.82, 2.24) is 4.98 Å². The molecule has 0 bridgehead atoms. The van der Waals surface area contributed by atoms with Crippen molar-refractivity contribution < 1.29 is 52.0 Å². The van der Waals surface area contributed by atoms with E-state index in [1.165, 1.54) is 6.07 Å². The van der Waals surface area contributed by atoms with Crippen LogP contribution in [0, 0.1) is 0 Å². The smallest absolute Gasteiger partial charge is 0.852 e. The third-order valence-electron chi connectivity index (χ3n) is 1.82. The summed E-state index contributed by atoms with van der Waals surface area (Å²) in [5, 5.41) is 47.7. The van der Waals surface area contributed by atoms with Crippen molar-refractivity contribution in [1.29, 1.82) is 0 Å². The topological polar surface area (TPSA) is 142 Å². The van der Waals surface area contributed by atoms with Gasteiger partial charge in [-0.2, -0.15) is 0 Å². The van der Waals surface area contributed by atoms with E-state index in [2.05, 4.69) is 4.98 Å². The minimum absolute atomic E-state index is 0. The molecule has 0 aliphatic rings. The normalized spacial score (nSPS) is 9.20. The Morgan fingerprint density at radius 1 is 0.733 bits per heavy atom. The van der Waals surface area contributed by atoms with E-state index in [1.807, 2.05) is 18.2 Å². The first-order chi connectivity index (χ1) is 13.2. The molecule has 0 saturated heterocycles. The Bertz CT molecular complexity index is 613. The molecular weight excluding hydrogens is 422 g/mol. The van der Waals surface area contributed by atoms with Crippen molar-refractivity contribution in [2.24, 2.45) is 0 Å². The van der Waals surface area contributed by atoms with Gasteiger partial charge >= 0.3 is 27.7 Å². The van der Waals surface area contributed by atoms with Crippen LogP contribution < -0.4 is 20.4 Å². The van der Waals surface area contributed by atoms with Crippen molar-refractivity contribution in [3.8, 4) is 0 Å². The first kappa shape index (κ1) is 36.1. The van der Waals surface area contributed by atoms with Crippen molar-refractivity contribution in [2.75, 3.05) is 0 Å². The Morgan fingerprint density at radius 3 is 1.40 bits per heavy atom. The number of hydrogen-bond acceptors (Lipinski definition) is 6. The molecule has 8 heteroatoms. The van der Waals surface area contributed by atoms with Crippen LogP contribution in [0.2, 0.25) is 0 Å². The van der Waals surface area contributed by atoms with Gasteiger partial charge in [0.25, 0.3) is 0 Å². The average Bonchev–Trinajstić information content (AvgIpc) is 2.52. The Kier molecular flexibility index (Phi) is 26.8. The molecule has 30 heavy (non-hydrogen) atoms. The molecule has 168 valence electrons. The van der Waals surface area contributed by atoms with E-state index >= 15 is 0 Å². The predicted molar refractivity (Wildman–Crippen MR) is 109 cm³/mol. The minimum atomic E-state index is -0.995. The number of rotatable bonds is 1. The molecule has 0 aliphatic carbocycles. The van der Waals surface area contributed by atoms with Gasteiger partial charge in [0.05, 0.1) is 5.52 Å². The van der Waals surface area contributed by atoms with Gasteiger partial charge in [-0.15, -0.1) is 24.4 Å². The second-order valence-electron chi connectivity index (χ2n) is 6.89. The monoisotopic (exact) mass is 457 g/mol. The predicted octanol–water partition coefficient (Wildman–Crippen LogP) is 0.951. The molecular formula is C22H35NO6Ti. The minimum Gasteiger partial charge on any atom is -0.852 e. The van der Waals surface area contributed by atoms with Gasteiger partial charge in [0.15, 0.2) is 0 Å². The fourth-order valence-corrected chi connectivity index (χ4v) is 1.19. The summed E-state index contributed by atoms with van der Waals surface area (Å²) in [6.07, 6.45) is -1.67. The number of carbonyl (C=O) groups is 1. The van der Waals surface area contributed by atoms with Crippen LogP contribution in [0.3, 0.4) is 0 Å². The number of aromatic carboxylic acids is 1. The van der Waals surface area contributed by atoms with E-state index in [1.54, 1.807) is 67.5 Å². The fraction of sp³-hybridized carbons (Fsp3) is 0.545. The molecule has 7 nitrogen and oxygen atoms in total. The summed E-state index contributed by atoms with van der Waals surface area (Å²) < 4.78 is 0. The zero-order chi connectivity index (χ0) is 23.6. The van der Waals surface area contributed by atoms with E-state index in [0.717, 1.165) is 5.39 Å². The molecule has 1 aromatic carbocycles. The van der Waals surface area contributed by atoms with Gasteiger partial charge in [0.1, 0.15) is 5.69 Å². The molecule has 2 rings (SSSR count). The van der Waals surface area contributed by atoms with Crippen LogP contribution in [0.25, 0.3) is 10.9 Å². The Balaban J connectivity index is -0.000000167. The molecule has 1 heterocycles. The Labute approximate surface area is 195 Å². The van der Waals surface area contributed by atoms with Crippen LogP contribution >= 0.6 is 0 Å². The molecule has 2 aromatic rings. The second-order valence-corrected chi connectivity index (χ2v) is 6.89. The summed E-state index contributed by atoms with van der Waals surface area (Å²) in [7, 11) is 0. The number of fused-ring (bicyclic) bond motifs is 1. The van der Waals surface area contributed by atoms with E-state index in [9.17, 15) is 25.2 Å². The molecule has 0 aliphatic heterocycles. The number of para-hydroxylation sites is 1. The van der Waals surface area contributed by atoms with Crippen molar-refractivity contribution in [3.05, 3.63) is 42.1 Å². The maximum absolute atomic E-state index is 10.6. The van der Waals surface area contributed by atoms with Crippen molar-refractivity contribution in [3.63, 3.8) is 0 Å². The largest absolute Gasteiger partial charge is 4.00 e. The summed E-state index contributed by atoms with van der Waals surface area (Å²) in [6.45, 7) is 12.9. The van der Waals surface area contributed by atoms with Crippen LogP contribution in [-0.4, -0.2) is 40.5 Å². The summed E-state index contributed by atoms with van der Waals surface area (Å²) >= 11 is 0. The molecule has 0 fully saturated rings. The van der Waals surface area contributed by atoms with Gasteiger partial charge in [0, 0.05) is 5.39 Å². The van der Waals surface area contributed by atoms with Crippen LogP contribution in [0.5, 0.6) is 0 Å². The maximum atomic E-state index is 10.6. The number of aromatic nitrogens is 1. The van der Waals surface area contributed by atoms with Gasteiger partial charge in [-0.25, -0.2) is 9.78 Å². The molecule has 0 atom stereocenters. The summed E-state index contributed by atoms with van der Waals surface area (Å²) in [4.78, 5) is 14.6. The second kappa shape index (κ2) is 22.3. The molecule has 0 unspecified atom stereocenters. The third-order valence-corrected chi connectivity index (χ3v) is 1.82. The SMILES string of the molecule is CC(C)[O-].CC(C)[O-].CC(C)[O-].CC(C)[O-].O=C(O)c1ccc2ccccc2n1.[Ti+4]. The molecule has 1 N–H and O–H groups in total. The van der Waals surface area contributed by atoms with Gasteiger partial charge < -0.3 is 25.5 Å². The summed E-state index contributed by atoms with van der Waals surface area (Å²) in [5.74, 6) is -0.995. The first-order valence-corrected chi connectivity index (χ1v) is 9.42. The van der Waals surface area contributed by atoms with Gasteiger partial charge in [-0.3, -0.25) is 0 Å². The van der Waals surface area contributed by atoms with Gasteiger partial charge in [-0.1, -0.05) is 79.7 Å². The summed E-state index contributed by atoms with van der Waals surface area (Å²) in [5.41, 5.74) is 0.793.